The second-order valence-electron chi connectivity index (χ2n) is 7.06. The molecule has 1 saturated heterocycles. The van der Waals surface area contributed by atoms with E-state index in [0.29, 0.717) is 19.4 Å². The summed E-state index contributed by atoms with van der Waals surface area (Å²) in [7, 11) is 3.45. The Labute approximate surface area is 160 Å². The van der Waals surface area contributed by atoms with Crippen LogP contribution < -0.4 is 9.64 Å². The molecule has 1 fully saturated rings. The predicted octanol–water partition coefficient (Wildman–Crippen LogP) is 3.33. The third-order valence-corrected chi connectivity index (χ3v) is 4.95. The fraction of sp³-hybridized carbons (Fsp3) is 0.364. The first-order valence-corrected chi connectivity index (χ1v) is 9.24. The molecule has 0 unspecified atom stereocenters. The highest BCUT2D eigenvalue weighted by Crippen LogP contribution is 2.23. The van der Waals surface area contributed by atoms with Gasteiger partial charge in [-0.2, -0.15) is 0 Å². The molecule has 0 N–H and O–H groups in total. The van der Waals surface area contributed by atoms with Gasteiger partial charge in [-0.05, 0) is 37.1 Å². The molecule has 1 heterocycles. The van der Waals surface area contributed by atoms with Gasteiger partial charge in [0.25, 0.3) is 0 Å². The number of rotatable bonds is 6. The molecule has 0 atom stereocenters. The van der Waals surface area contributed by atoms with E-state index in [0.717, 1.165) is 41.1 Å². The number of methoxy groups -OCH3 is 1. The van der Waals surface area contributed by atoms with Crippen molar-refractivity contribution in [2.75, 3.05) is 25.6 Å². The van der Waals surface area contributed by atoms with E-state index in [-0.39, 0.29) is 11.8 Å². The van der Waals surface area contributed by atoms with Crippen molar-refractivity contribution >= 4 is 17.5 Å². The van der Waals surface area contributed by atoms with Crippen LogP contribution in [0.15, 0.2) is 42.5 Å². The maximum atomic E-state index is 12.6. The van der Waals surface area contributed by atoms with Crippen LogP contribution in [0.1, 0.15) is 29.5 Å². The monoisotopic (exact) mass is 366 g/mol. The Hall–Kier alpha value is -2.82. The van der Waals surface area contributed by atoms with Crippen LogP contribution in [0, 0.1) is 6.92 Å². The van der Waals surface area contributed by atoms with E-state index in [1.54, 1.807) is 19.1 Å². The number of carbonyl (C=O) groups excluding carboxylic acids is 2. The van der Waals surface area contributed by atoms with Crippen molar-refractivity contribution in [1.82, 2.24) is 4.90 Å². The minimum atomic E-state index is 0.0450. The van der Waals surface area contributed by atoms with Gasteiger partial charge in [-0.1, -0.05) is 29.8 Å². The summed E-state index contributed by atoms with van der Waals surface area (Å²) < 4.78 is 5.40. The molecule has 5 heteroatoms. The lowest BCUT2D eigenvalue weighted by Crippen LogP contribution is -2.28. The predicted molar refractivity (Wildman–Crippen MR) is 106 cm³/mol. The molecular formula is C22H26N2O3. The Morgan fingerprint density at radius 1 is 1.19 bits per heavy atom. The van der Waals surface area contributed by atoms with Gasteiger partial charge >= 0.3 is 0 Å². The number of hydrogen-bond donors (Lipinski definition) is 0. The van der Waals surface area contributed by atoms with E-state index in [9.17, 15) is 9.59 Å². The molecule has 0 aromatic heterocycles. The first-order chi connectivity index (χ1) is 13.0. The Bertz CT molecular complexity index is 830. The zero-order valence-electron chi connectivity index (χ0n) is 16.2. The third kappa shape index (κ3) is 4.48. The van der Waals surface area contributed by atoms with E-state index in [2.05, 4.69) is 0 Å². The SMILES string of the molecule is COc1ccc(C)cc1CN(C)C(=O)Cc1ccc(N2CCCC2=O)cc1. The highest BCUT2D eigenvalue weighted by molar-refractivity contribution is 5.95. The molecule has 0 bridgehead atoms. The lowest BCUT2D eigenvalue weighted by Gasteiger charge is -2.20. The first kappa shape index (κ1) is 19.0. The van der Waals surface area contributed by atoms with Crippen LogP contribution in [0.25, 0.3) is 0 Å². The van der Waals surface area contributed by atoms with E-state index >= 15 is 0 Å². The number of nitrogens with zero attached hydrogens (tertiary/aromatic N) is 2. The van der Waals surface area contributed by atoms with Crippen molar-refractivity contribution in [3.05, 3.63) is 59.2 Å². The van der Waals surface area contributed by atoms with Crippen molar-refractivity contribution in [3.8, 4) is 5.75 Å². The largest absolute Gasteiger partial charge is 0.496 e. The summed E-state index contributed by atoms with van der Waals surface area (Å²) in [6.07, 6.45) is 1.86. The normalized spacial score (nSPS) is 13.7. The Morgan fingerprint density at radius 3 is 2.56 bits per heavy atom. The van der Waals surface area contributed by atoms with Crippen molar-refractivity contribution in [2.45, 2.75) is 32.7 Å². The van der Waals surface area contributed by atoms with Gasteiger partial charge in [0.05, 0.1) is 13.5 Å². The van der Waals surface area contributed by atoms with E-state index < -0.39 is 0 Å². The summed E-state index contributed by atoms with van der Waals surface area (Å²) in [6.45, 7) is 3.31. The molecule has 0 aliphatic carbocycles. The second kappa shape index (κ2) is 8.25. The van der Waals surface area contributed by atoms with E-state index in [4.69, 9.17) is 4.74 Å². The minimum absolute atomic E-state index is 0.0450. The van der Waals surface area contributed by atoms with Crippen LogP contribution in [-0.4, -0.2) is 37.4 Å². The number of aryl methyl sites for hydroxylation is 1. The summed E-state index contributed by atoms with van der Waals surface area (Å²) >= 11 is 0. The number of benzene rings is 2. The second-order valence-corrected chi connectivity index (χ2v) is 7.06. The van der Waals surface area contributed by atoms with Crippen LogP contribution >= 0.6 is 0 Å². The highest BCUT2D eigenvalue weighted by Gasteiger charge is 2.21. The van der Waals surface area contributed by atoms with Crippen molar-refractivity contribution in [1.29, 1.82) is 0 Å². The summed E-state index contributed by atoms with van der Waals surface area (Å²) in [5.74, 6) is 1.01. The molecule has 27 heavy (non-hydrogen) atoms. The fourth-order valence-corrected chi connectivity index (χ4v) is 3.40. The Balaban J connectivity index is 1.63. The number of amides is 2. The summed E-state index contributed by atoms with van der Waals surface area (Å²) in [5.41, 5.74) is 3.99. The number of carbonyl (C=O) groups is 2. The van der Waals surface area contributed by atoms with Crippen molar-refractivity contribution < 1.29 is 14.3 Å². The summed E-state index contributed by atoms with van der Waals surface area (Å²) in [6, 6.07) is 13.7. The van der Waals surface area contributed by atoms with E-state index in [1.807, 2.05) is 54.3 Å². The maximum absolute atomic E-state index is 12.6. The molecule has 3 rings (SSSR count). The van der Waals surface area contributed by atoms with Gasteiger partial charge in [-0.15, -0.1) is 0 Å². The minimum Gasteiger partial charge on any atom is -0.496 e. The number of ether oxygens (including phenoxy) is 1. The molecule has 1 aliphatic rings. The van der Waals surface area contributed by atoms with Crippen LogP contribution in [0.5, 0.6) is 5.75 Å². The molecular weight excluding hydrogens is 340 g/mol. The first-order valence-electron chi connectivity index (χ1n) is 9.24. The molecule has 0 saturated carbocycles. The van der Waals surface area contributed by atoms with Gasteiger partial charge in [0.2, 0.25) is 11.8 Å². The fourth-order valence-electron chi connectivity index (χ4n) is 3.40. The van der Waals surface area contributed by atoms with Crippen molar-refractivity contribution in [2.24, 2.45) is 0 Å². The average molecular weight is 366 g/mol. The van der Waals surface area contributed by atoms with Gasteiger partial charge in [-0.3, -0.25) is 9.59 Å². The van der Waals surface area contributed by atoms with Gasteiger partial charge in [0, 0.05) is 37.8 Å². The number of hydrogen-bond acceptors (Lipinski definition) is 3. The lowest BCUT2D eigenvalue weighted by atomic mass is 10.1. The quantitative estimate of drug-likeness (QED) is 0.788. The topological polar surface area (TPSA) is 49.9 Å². The molecule has 0 radical (unpaired) electrons. The zero-order chi connectivity index (χ0) is 19.4. The smallest absolute Gasteiger partial charge is 0.227 e. The van der Waals surface area contributed by atoms with Crippen LogP contribution in [-0.2, 0) is 22.6 Å². The lowest BCUT2D eigenvalue weighted by molar-refractivity contribution is -0.129. The third-order valence-electron chi connectivity index (χ3n) is 4.95. The Kier molecular flexibility index (Phi) is 5.79. The molecule has 2 amide bonds. The van der Waals surface area contributed by atoms with Crippen LogP contribution in [0.2, 0.25) is 0 Å². The Morgan fingerprint density at radius 2 is 1.93 bits per heavy atom. The molecule has 142 valence electrons. The zero-order valence-corrected chi connectivity index (χ0v) is 16.2. The standard InChI is InChI=1S/C22H26N2O3/c1-16-6-11-20(27-3)18(13-16)15-23(2)22(26)14-17-7-9-19(10-8-17)24-12-4-5-21(24)25/h6-11,13H,4-5,12,14-15H2,1-3H3. The van der Waals surface area contributed by atoms with Gasteiger partial charge in [-0.25, -0.2) is 0 Å². The molecule has 1 aliphatic heterocycles. The van der Waals surface area contributed by atoms with Crippen molar-refractivity contribution in [3.63, 3.8) is 0 Å². The molecule has 2 aromatic carbocycles. The van der Waals surface area contributed by atoms with E-state index in [1.165, 1.54) is 0 Å². The van der Waals surface area contributed by atoms with Gasteiger partial charge in [0.1, 0.15) is 5.75 Å². The average Bonchev–Trinajstić information content (AvgIpc) is 3.08. The van der Waals surface area contributed by atoms with Crippen LogP contribution in [0.4, 0.5) is 5.69 Å². The van der Waals surface area contributed by atoms with Gasteiger partial charge < -0.3 is 14.5 Å². The summed E-state index contributed by atoms with van der Waals surface area (Å²) in [5, 5.41) is 0. The summed E-state index contributed by atoms with van der Waals surface area (Å²) in [4.78, 5) is 28.0. The highest BCUT2D eigenvalue weighted by atomic mass is 16.5. The molecule has 5 nitrogen and oxygen atoms in total. The number of likely N-dealkylation sites (N-methyl/N-ethyl adjacent to an activating group) is 1. The van der Waals surface area contributed by atoms with Crippen LogP contribution in [0.3, 0.4) is 0 Å². The van der Waals surface area contributed by atoms with Gasteiger partial charge in [0.15, 0.2) is 0 Å². The molecule has 0 spiro atoms. The molecule has 2 aromatic rings. The number of anilines is 1. The maximum Gasteiger partial charge on any atom is 0.227 e.